The Kier molecular flexibility index (Phi) is 15.9. The Morgan fingerprint density at radius 3 is 2.04 bits per heavy atom. The Morgan fingerprint density at radius 2 is 1.43 bits per heavy atom. The molecular formula is C23H44O5. The zero-order valence-electron chi connectivity index (χ0n) is 17.9. The van der Waals surface area contributed by atoms with Gasteiger partial charge in [-0.05, 0) is 25.7 Å². The van der Waals surface area contributed by atoms with Gasteiger partial charge in [-0.2, -0.15) is 0 Å². The van der Waals surface area contributed by atoms with Gasteiger partial charge in [0.05, 0.1) is 13.2 Å². The standard InChI is InChI=1S/C23H44O5/c1-2-3-4-5-6-7-8-9-10-11-12-13-14-15-16-17-27-23-20(25)19-28-21(18-24)22(23)26/h4-5,20-26H,2-3,6-19H2,1H3/b5-4+/t20-,21+,22+,23+/m0/s1. The first-order valence-electron chi connectivity index (χ1n) is 11.6. The lowest BCUT2D eigenvalue weighted by Crippen LogP contribution is -2.55. The van der Waals surface area contributed by atoms with Gasteiger partial charge in [-0.25, -0.2) is 0 Å². The van der Waals surface area contributed by atoms with Crippen molar-refractivity contribution in [1.29, 1.82) is 0 Å². The zero-order valence-corrected chi connectivity index (χ0v) is 17.9. The SMILES string of the molecule is CCC/C=C/CCCCCCCCCCCCO[C@H]1[C@H](O)[C@@H](CO)OC[C@@H]1O. The smallest absolute Gasteiger partial charge is 0.114 e. The van der Waals surface area contributed by atoms with Crippen LogP contribution in [0.3, 0.4) is 0 Å². The average Bonchev–Trinajstić information content (AvgIpc) is 2.70. The molecule has 0 saturated carbocycles. The van der Waals surface area contributed by atoms with Crippen molar-refractivity contribution < 1.29 is 24.8 Å². The molecule has 1 saturated heterocycles. The lowest BCUT2D eigenvalue weighted by atomic mass is 10.0. The number of aliphatic hydroxyl groups excluding tert-OH is 3. The molecule has 5 nitrogen and oxygen atoms in total. The van der Waals surface area contributed by atoms with E-state index in [0.717, 1.165) is 12.8 Å². The molecule has 5 heteroatoms. The van der Waals surface area contributed by atoms with Crippen molar-refractivity contribution in [3.63, 3.8) is 0 Å². The van der Waals surface area contributed by atoms with Crippen molar-refractivity contribution in [2.45, 2.75) is 115 Å². The average molecular weight is 401 g/mol. The maximum absolute atomic E-state index is 10.1. The molecule has 1 heterocycles. The van der Waals surface area contributed by atoms with E-state index in [1.807, 2.05) is 0 Å². The third kappa shape index (κ3) is 11.5. The molecular weight excluding hydrogens is 356 g/mol. The van der Waals surface area contributed by atoms with Crippen LogP contribution in [0.25, 0.3) is 0 Å². The van der Waals surface area contributed by atoms with Crippen molar-refractivity contribution >= 4 is 0 Å². The molecule has 28 heavy (non-hydrogen) atoms. The van der Waals surface area contributed by atoms with Gasteiger partial charge < -0.3 is 24.8 Å². The van der Waals surface area contributed by atoms with Crippen molar-refractivity contribution in [1.82, 2.24) is 0 Å². The summed E-state index contributed by atoms with van der Waals surface area (Å²) in [5, 5.41) is 29.1. The lowest BCUT2D eigenvalue weighted by Gasteiger charge is -2.37. The van der Waals surface area contributed by atoms with Crippen LogP contribution in [0.15, 0.2) is 12.2 Å². The molecule has 3 N–H and O–H groups in total. The van der Waals surface area contributed by atoms with Crippen LogP contribution in [-0.2, 0) is 9.47 Å². The van der Waals surface area contributed by atoms with Crippen molar-refractivity contribution in [2.75, 3.05) is 19.8 Å². The molecule has 0 aromatic rings. The van der Waals surface area contributed by atoms with E-state index in [-0.39, 0.29) is 13.2 Å². The van der Waals surface area contributed by atoms with Gasteiger partial charge in [0, 0.05) is 6.61 Å². The maximum atomic E-state index is 10.1. The minimum atomic E-state index is -0.971. The highest BCUT2D eigenvalue weighted by Gasteiger charge is 2.38. The fourth-order valence-corrected chi connectivity index (χ4v) is 3.63. The second-order valence-electron chi connectivity index (χ2n) is 8.03. The molecule has 0 amide bonds. The van der Waals surface area contributed by atoms with Crippen LogP contribution in [0.2, 0.25) is 0 Å². The van der Waals surface area contributed by atoms with E-state index in [1.54, 1.807) is 0 Å². The number of allylic oxidation sites excluding steroid dienone is 2. The third-order valence-corrected chi connectivity index (χ3v) is 5.46. The van der Waals surface area contributed by atoms with Crippen LogP contribution in [0, 0.1) is 0 Å². The van der Waals surface area contributed by atoms with E-state index in [4.69, 9.17) is 14.6 Å². The highest BCUT2D eigenvalue weighted by Crippen LogP contribution is 2.19. The molecule has 0 aromatic carbocycles. The molecule has 0 bridgehead atoms. The van der Waals surface area contributed by atoms with Crippen LogP contribution in [-0.4, -0.2) is 59.6 Å². The van der Waals surface area contributed by atoms with Gasteiger partial charge in [0.2, 0.25) is 0 Å². The Bertz CT molecular complexity index is 374. The predicted molar refractivity (Wildman–Crippen MR) is 113 cm³/mol. The number of unbranched alkanes of at least 4 members (excludes halogenated alkanes) is 11. The minimum Gasteiger partial charge on any atom is -0.394 e. The summed E-state index contributed by atoms with van der Waals surface area (Å²) < 4.78 is 10.8. The molecule has 1 aliphatic rings. The highest BCUT2D eigenvalue weighted by molar-refractivity contribution is 4.87. The van der Waals surface area contributed by atoms with Crippen molar-refractivity contribution in [3.05, 3.63) is 12.2 Å². The number of hydrogen-bond acceptors (Lipinski definition) is 5. The molecule has 1 rings (SSSR count). The number of rotatable bonds is 17. The van der Waals surface area contributed by atoms with Gasteiger partial charge in [0.15, 0.2) is 0 Å². The topological polar surface area (TPSA) is 79.2 Å². The van der Waals surface area contributed by atoms with Crippen molar-refractivity contribution in [3.8, 4) is 0 Å². The fraction of sp³-hybridized carbons (Fsp3) is 0.913. The van der Waals surface area contributed by atoms with Crippen LogP contribution in [0.5, 0.6) is 0 Å². The largest absolute Gasteiger partial charge is 0.394 e. The van der Waals surface area contributed by atoms with Crippen LogP contribution in [0.1, 0.15) is 90.4 Å². The normalized spacial score (nSPS) is 25.6. The van der Waals surface area contributed by atoms with E-state index in [2.05, 4.69) is 19.1 Å². The molecule has 0 aromatic heterocycles. The maximum Gasteiger partial charge on any atom is 0.114 e. The fourth-order valence-electron chi connectivity index (χ4n) is 3.63. The Morgan fingerprint density at radius 1 is 0.857 bits per heavy atom. The van der Waals surface area contributed by atoms with Crippen molar-refractivity contribution in [2.24, 2.45) is 0 Å². The van der Waals surface area contributed by atoms with Gasteiger partial charge in [0.1, 0.15) is 24.4 Å². The van der Waals surface area contributed by atoms with Gasteiger partial charge in [-0.3, -0.25) is 0 Å². The second-order valence-corrected chi connectivity index (χ2v) is 8.03. The van der Waals surface area contributed by atoms with Gasteiger partial charge in [0.25, 0.3) is 0 Å². The first-order chi connectivity index (χ1) is 13.7. The molecule has 0 spiro atoms. The zero-order chi connectivity index (χ0) is 20.5. The highest BCUT2D eigenvalue weighted by atomic mass is 16.6. The molecule has 166 valence electrons. The summed E-state index contributed by atoms with van der Waals surface area (Å²) in [5.74, 6) is 0. The summed E-state index contributed by atoms with van der Waals surface area (Å²) in [6, 6.07) is 0. The quantitative estimate of drug-likeness (QED) is 0.253. The monoisotopic (exact) mass is 400 g/mol. The first-order valence-corrected chi connectivity index (χ1v) is 11.6. The Balaban J connectivity index is 1.86. The second kappa shape index (κ2) is 17.4. The van der Waals surface area contributed by atoms with Gasteiger partial charge >= 0.3 is 0 Å². The summed E-state index contributed by atoms with van der Waals surface area (Å²) in [5.41, 5.74) is 0. The van der Waals surface area contributed by atoms with Crippen LogP contribution < -0.4 is 0 Å². The van der Waals surface area contributed by atoms with E-state index >= 15 is 0 Å². The molecule has 1 fully saturated rings. The van der Waals surface area contributed by atoms with Gasteiger partial charge in [-0.1, -0.05) is 76.9 Å². The lowest BCUT2D eigenvalue weighted by molar-refractivity contribution is -0.210. The number of hydrogen-bond donors (Lipinski definition) is 3. The third-order valence-electron chi connectivity index (χ3n) is 5.46. The summed E-state index contributed by atoms with van der Waals surface area (Å²) >= 11 is 0. The molecule has 4 atom stereocenters. The first kappa shape index (κ1) is 25.6. The summed E-state index contributed by atoms with van der Waals surface area (Å²) in [6.07, 6.45) is 17.8. The summed E-state index contributed by atoms with van der Waals surface area (Å²) in [4.78, 5) is 0. The van der Waals surface area contributed by atoms with Gasteiger partial charge in [-0.15, -0.1) is 0 Å². The number of aliphatic hydroxyl groups is 3. The summed E-state index contributed by atoms with van der Waals surface area (Å²) in [7, 11) is 0. The minimum absolute atomic E-state index is 0.0997. The van der Waals surface area contributed by atoms with Crippen LogP contribution >= 0.6 is 0 Å². The molecule has 1 aliphatic heterocycles. The van der Waals surface area contributed by atoms with E-state index in [0.29, 0.717) is 6.61 Å². The van der Waals surface area contributed by atoms with Crippen LogP contribution in [0.4, 0.5) is 0 Å². The van der Waals surface area contributed by atoms with E-state index in [1.165, 1.54) is 70.6 Å². The number of ether oxygens (including phenoxy) is 2. The molecule has 0 unspecified atom stereocenters. The Labute approximate surface area is 172 Å². The van der Waals surface area contributed by atoms with E-state index in [9.17, 15) is 10.2 Å². The predicted octanol–water partition coefficient (Wildman–Crippen LogP) is 4.13. The Hall–Kier alpha value is -0.460. The molecule has 0 radical (unpaired) electrons. The van der Waals surface area contributed by atoms with E-state index < -0.39 is 24.4 Å². The molecule has 0 aliphatic carbocycles. The summed E-state index contributed by atoms with van der Waals surface area (Å²) in [6.45, 7) is 2.59.